The highest BCUT2D eigenvalue weighted by Crippen LogP contribution is 2.60. The summed E-state index contributed by atoms with van der Waals surface area (Å²) in [5.74, 6) is 1.66. The van der Waals surface area contributed by atoms with E-state index in [1.54, 1.807) is 23.1 Å². The van der Waals surface area contributed by atoms with E-state index in [4.69, 9.17) is 0 Å². The van der Waals surface area contributed by atoms with Crippen molar-refractivity contribution in [3.8, 4) is 0 Å². The Morgan fingerprint density at radius 2 is 1.61 bits per heavy atom. The molecule has 4 saturated carbocycles. The zero-order valence-electron chi connectivity index (χ0n) is 16.1. The second-order valence-electron chi connectivity index (χ2n) is 9.66. The van der Waals surface area contributed by atoms with Crippen LogP contribution < -0.4 is 0 Å². The Kier molecular flexibility index (Phi) is 4.34. The lowest BCUT2D eigenvalue weighted by atomic mass is 9.49. The summed E-state index contributed by atoms with van der Waals surface area (Å²) < 4.78 is 40.0. The van der Waals surface area contributed by atoms with Crippen molar-refractivity contribution in [2.24, 2.45) is 23.2 Å². The SMILES string of the molecule is O=C(N1CC[C@H](c2ccccc2F)S(=O)(=O)CC1)C12CC3CC(CC(C3)C1)C2. The Morgan fingerprint density at radius 3 is 2.21 bits per heavy atom. The summed E-state index contributed by atoms with van der Waals surface area (Å²) in [5, 5.41) is -0.858. The van der Waals surface area contributed by atoms with Crippen LogP contribution in [0.5, 0.6) is 0 Å². The van der Waals surface area contributed by atoms with Crippen molar-refractivity contribution < 1.29 is 17.6 Å². The molecule has 6 rings (SSSR count). The summed E-state index contributed by atoms with van der Waals surface area (Å²) in [5.41, 5.74) is -0.0114. The van der Waals surface area contributed by atoms with Crippen molar-refractivity contribution >= 4 is 15.7 Å². The van der Waals surface area contributed by atoms with Crippen molar-refractivity contribution in [2.75, 3.05) is 18.8 Å². The van der Waals surface area contributed by atoms with Crippen LogP contribution in [0.3, 0.4) is 0 Å². The molecular formula is C22H28FNO3S. The van der Waals surface area contributed by atoms with Crippen molar-refractivity contribution in [3.05, 3.63) is 35.6 Å². The number of carbonyl (C=O) groups excluding carboxylic acids is 1. The Labute approximate surface area is 166 Å². The van der Waals surface area contributed by atoms with E-state index in [9.17, 15) is 17.6 Å². The maximum absolute atomic E-state index is 14.3. The number of carbonyl (C=O) groups is 1. The van der Waals surface area contributed by atoms with E-state index in [0.29, 0.717) is 24.3 Å². The summed E-state index contributed by atoms with van der Waals surface area (Å²) >= 11 is 0. The van der Waals surface area contributed by atoms with Gasteiger partial charge in [0.25, 0.3) is 0 Å². The van der Waals surface area contributed by atoms with Crippen LogP contribution in [0.2, 0.25) is 0 Å². The fourth-order valence-electron chi connectivity index (χ4n) is 6.94. The number of hydrogen-bond acceptors (Lipinski definition) is 3. The van der Waals surface area contributed by atoms with Crippen LogP contribution in [-0.4, -0.2) is 38.1 Å². The van der Waals surface area contributed by atoms with Gasteiger partial charge in [-0.3, -0.25) is 4.79 Å². The summed E-state index contributed by atoms with van der Waals surface area (Å²) in [6.45, 7) is 0.646. The molecule has 1 aliphatic heterocycles. The molecule has 4 bridgehead atoms. The monoisotopic (exact) mass is 405 g/mol. The van der Waals surface area contributed by atoms with E-state index >= 15 is 0 Å². The van der Waals surface area contributed by atoms with Gasteiger partial charge in [-0.2, -0.15) is 0 Å². The maximum atomic E-state index is 14.3. The van der Waals surface area contributed by atoms with E-state index in [1.165, 1.54) is 25.3 Å². The third kappa shape index (κ3) is 2.99. The van der Waals surface area contributed by atoms with Crippen molar-refractivity contribution in [1.82, 2.24) is 4.90 Å². The van der Waals surface area contributed by atoms with Crippen LogP contribution in [0.1, 0.15) is 55.8 Å². The lowest BCUT2D eigenvalue weighted by Crippen LogP contribution is -2.55. The van der Waals surface area contributed by atoms with Crippen LogP contribution >= 0.6 is 0 Å². The van der Waals surface area contributed by atoms with Gasteiger partial charge in [-0.15, -0.1) is 0 Å². The largest absolute Gasteiger partial charge is 0.341 e. The van der Waals surface area contributed by atoms with Crippen LogP contribution in [0.4, 0.5) is 4.39 Å². The average molecular weight is 406 g/mol. The van der Waals surface area contributed by atoms with E-state index in [2.05, 4.69) is 0 Å². The molecule has 1 heterocycles. The van der Waals surface area contributed by atoms with E-state index in [0.717, 1.165) is 19.3 Å². The molecule has 5 aliphatic rings. The molecule has 1 atom stereocenters. The van der Waals surface area contributed by atoms with Gasteiger partial charge in [-0.1, -0.05) is 18.2 Å². The van der Waals surface area contributed by atoms with Gasteiger partial charge in [0.15, 0.2) is 9.84 Å². The highest BCUT2D eigenvalue weighted by Gasteiger charge is 2.55. The molecule has 6 heteroatoms. The lowest BCUT2D eigenvalue weighted by Gasteiger charge is -2.56. The van der Waals surface area contributed by atoms with Gasteiger partial charge in [0, 0.05) is 18.7 Å². The maximum Gasteiger partial charge on any atom is 0.228 e. The number of rotatable bonds is 2. The molecule has 0 N–H and O–H groups in total. The molecule has 0 radical (unpaired) electrons. The first-order valence-electron chi connectivity index (χ1n) is 10.6. The quantitative estimate of drug-likeness (QED) is 0.753. The molecule has 4 nitrogen and oxygen atoms in total. The van der Waals surface area contributed by atoms with Gasteiger partial charge in [0.2, 0.25) is 5.91 Å². The lowest BCUT2D eigenvalue weighted by molar-refractivity contribution is -0.157. The number of hydrogen-bond donors (Lipinski definition) is 0. The van der Waals surface area contributed by atoms with E-state index in [1.807, 2.05) is 0 Å². The molecule has 1 amide bonds. The number of halogens is 1. The Morgan fingerprint density at radius 1 is 1.00 bits per heavy atom. The summed E-state index contributed by atoms with van der Waals surface area (Å²) in [4.78, 5) is 15.4. The Hall–Kier alpha value is -1.43. The highest BCUT2D eigenvalue weighted by atomic mass is 32.2. The molecule has 0 unspecified atom stereocenters. The van der Waals surface area contributed by atoms with E-state index in [-0.39, 0.29) is 35.6 Å². The fourth-order valence-corrected chi connectivity index (χ4v) is 8.74. The number of amides is 1. The van der Waals surface area contributed by atoms with E-state index < -0.39 is 20.9 Å². The van der Waals surface area contributed by atoms with Crippen molar-refractivity contribution in [1.29, 1.82) is 0 Å². The highest BCUT2D eigenvalue weighted by molar-refractivity contribution is 7.91. The normalized spacial score (nSPS) is 39.0. The van der Waals surface area contributed by atoms with Gasteiger partial charge in [0.05, 0.1) is 16.4 Å². The third-order valence-corrected chi connectivity index (χ3v) is 9.88. The van der Waals surface area contributed by atoms with Crippen LogP contribution in [0.15, 0.2) is 24.3 Å². The zero-order valence-corrected chi connectivity index (χ0v) is 17.0. The van der Waals surface area contributed by atoms with Gasteiger partial charge >= 0.3 is 0 Å². The second-order valence-corrected chi connectivity index (χ2v) is 12.0. The van der Waals surface area contributed by atoms with Crippen LogP contribution in [-0.2, 0) is 14.6 Å². The summed E-state index contributed by atoms with van der Waals surface area (Å²) in [6.07, 6.45) is 7.05. The molecule has 28 heavy (non-hydrogen) atoms. The Balaban J connectivity index is 1.38. The molecule has 152 valence electrons. The van der Waals surface area contributed by atoms with Gasteiger partial charge in [0.1, 0.15) is 5.82 Å². The summed E-state index contributed by atoms with van der Waals surface area (Å²) in [7, 11) is -3.49. The molecule has 1 aromatic carbocycles. The Bertz CT molecular complexity index is 862. The van der Waals surface area contributed by atoms with Gasteiger partial charge < -0.3 is 4.90 Å². The second kappa shape index (κ2) is 6.54. The standard InChI is InChI=1S/C22H28FNO3S/c23-19-4-2-1-3-18(19)20-5-6-24(7-8-28(20,26)27)21(25)22-12-15-9-16(13-22)11-17(10-15)14-22/h1-4,15-17,20H,5-14H2/t15?,16?,17?,20-,22?/m1/s1. The third-order valence-electron chi connectivity index (χ3n) is 7.77. The molecule has 0 aromatic heterocycles. The zero-order chi connectivity index (χ0) is 19.5. The fraction of sp³-hybridized carbons (Fsp3) is 0.682. The van der Waals surface area contributed by atoms with Gasteiger partial charge in [-0.05, 0) is 68.8 Å². The van der Waals surface area contributed by atoms with Crippen LogP contribution in [0, 0.1) is 29.0 Å². The predicted molar refractivity (Wildman–Crippen MR) is 105 cm³/mol. The van der Waals surface area contributed by atoms with Crippen molar-refractivity contribution in [2.45, 2.75) is 50.2 Å². The minimum absolute atomic E-state index is 0.0793. The topological polar surface area (TPSA) is 54.5 Å². The number of nitrogens with zero attached hydrogens (tertiary/aromatic N) is 1. The first kappa shape index (κ1) is 18.6. The first-order chi connectivity index (χ1) is 13.4. The van der Waals surface area contributed by atoms with Crippen LogP contribution in [0.25, 0.3) is 0 Å². The summed E-state index contributed by atoms with van der Waals surface area (Å²) in [6, 6.07) is 6.13. The predicted octanol–water partition coefficient (Wildman–Crippen LogP) is 3.73. The molecule has 1 aromatic rings. The van der Waals surface area contributed by atoms with Gasteiger partial charge in [-0.25, -0.2) is 12.8 Å². The minimum atomic E-state index is -3.49. The average Bonchev–Trinajstić information content (AvgIpc) is 2.79. The molecule has 1 saturated heterocycles. The number of benzene rings is 1. The number of sulfone groups is 1. The first-order valence-corrected chi connectivity index (χ1v) is 12.3. The van der Waals surface area contributed by atoms with Crippen molar-refractivity contribution in [3.63, 3.8) is 0 Å². The smallest absolute Gasteiger partial charge is 0.228 e. The molecule has 0 spiro atoms. The molecule has 4 aliphatic carbocycles. The minimum Gasteiger partial charge on any atom is -0.341 e. The molecule has 5 fully saturated rings. The molecular weight excluding hydrogens is 377 g/mol.